The van der Waals surface area contributed by atoms with E-state index in [9.17, 15) is 0 Å². The summed E-state index contributed by atoms with van der Waals surface area (Å²) in [5.74, 6) is 2.23. The summed E-state index contributed by atoms with van der Waals surface area (Å²) in [4.78, 5) is 9.06. The van der Waals surface area contributed by atoms with Gasteiger partial charge in [0.1, 0.15) is 11.6 Å². The highest BCUT2D eigenvalue weighted by Crippen LogP contribution is 2.23. The highest BCUT2D eigenvalue weighted by atomic mass is 16.5. The standard InChI is InChI=1S/C15H25N3O2/c1-5-19-13-9-12(16-10-11-7-6-8-20-11)17-14(18-13)15(2,3)4/h9,11H,5-8,10H2,1-4H3,(H,16,17,18). The van der Waals surface area contributed by atoms with Crippen LogP contribution in [-0.2, 0) is 10.2 Å². The number of nitrogens with one attached hydrogen (secondary N) is 1. The molecule has 1 unspecified atom stereocenters. The highest BCUT2D eigenvalue weighted by molar-refractivity contribution is 5.39. The van der Waals surface area contributed by atoms with Crippen molar-refractivity contribution in [3.63, 3.8) is 0 Å². The van der Waals surface area contributed by atoms with E-state index in [1.54, 1.807) is 0 Å². The molecule has 0 bridgehead atoms. The van der Waals surface area contributed by atoms with Crippen molar-refractivity contribution in [2.75, 3.05) is 25.1 Å². The van der Waals surface area contributed by atoms with Gasteiger partial charge in [0.2, 0.25) is 5.88 Å². The predicted molar refractivity (Wildman–Crippen MR) is 79.4 cm³/mol. The molecule has 5 heteroatoms. The van der Waals surface area contributed by atoms with E-state index in [4.69, 9.17) is 9.47 Å². The van der Waals surface area contributed by atoms with Gasteiger partial charge in [-0.2, -0.15) is 4.98 Å². The molecule has 0 saturated carbocycles. The monoisotopic (exact) mass is 279 g/mol. The first-order chi connectivity index (χ1) is 9.49. The Morgan fingerprint density at radius 1 is 1.40 bits per heavy atom. The lowest BCUT2D eigenvalue weighted by molar-refractivity contribution is 0.120. The molecule has 0 amide bonds. The Balaban J connectivity index is 2.11. The molecule has 1 aliphatic rings. The average molecular weight is 279 g/mol. The summed E-state index contributed by atoms with van der Waals surface area (Å²) in [6, 6.07) is 1.85. The second-order valence-corrected chi connectivity index (χ2v) is 6.11. The lowest BCUT2D eigenvalue weighted by atomic mass is 9.96. The van der Waals surface area contributed by atoms with Crippen molar-refractivity contribution in [2.24, 2.45) is 0 Å². The fourth-order valence-electron chi connectivity index (χ4n) is 2.10. The third kappa shape index (κ3) is 4.07. The molecule has 2 heterocycles. The molecule has 1 N–H and O–H groups in total. The van der Waals surface area contributed by atoms with Crippen molar-refractivity contribution in [3.8, 4) is 5.88 Å². The van der Waals surface area contributed by atoms with Gasteiger partial charge in [-0.1, -0.05) is 20.8 Å². The van der Waals surface area contributed by atoms with Gasteiger partial charge in [0.25, 0.3) is 0 Å². The van der Waals surface area contributed by atoms with Crippen LogP contribution >= 0.6 is 0 Å². The number of hydrogen-bond acceptors (Lipinski definition) is 5. The number of hydrogen-bond donors (Lipinski definition) is 1. The average Bonchev–Trinajstić information content (AvgIpc) is 2.88. The zero-order valence-corrected chi connectivity index (χ0v) is 12.9. The molecule has 1 aromatic heterocycles. The number of aromatic nitrogens is 2. The molecule has 1 atom stereocenters. The van der Waals surface area contributed by atoms with Crippen LogP contribution < -0.4 is 10.1 Å². The van der Waals surface area contributed by atoms with Crippen LogP contribution in [0.3, 0.4) is 0 Å². The summed E-state index contributed by atoms with van der Waals surface area (Å²) in [5, 5.41) is 3.34. The predicted octanol–water partition coefficient (Wildman–Crippen LogP) is 2.76. The Labute approximate surface area is 121 Å². The molecule has 0 aliphatic carbocycles. The summed E-state index contributed by atoms with van der Waals surface area (Å²) in [6.07, 6.45) is 2.55. The van der Waals surface area contributed by atoms with E-state index in [2.05, 4.69) is 36.1 Å². The SMILES string of the molecule is CCOc1cc(NCC2CCCO2)nc(C(C)(C)C)n1. The highest BCUT2D eigenvalue weighted by Gasteiger charge is 2.20. The molecule has 2 rings (SSSR count). The molecule has 1 saturated heterocycles. The molecule has 1 fully saturated rings. The zero-order valence-electron chi connectivity index (χ0n) is 12.9. The molecule has 1 aliphatic heterocycles. The number of rotatable bonds is 5. The normalized spacial score (nSPS) is 19.1. The number of ether oxygens (including phenoxy) is 2. The Hall–Kier alpha value is -1.36. The van der Waals surface area contributed by atoms with E-state index in [1.165, 1.54) is 0 Å². The van der Waals surface area contributed by atoms with E-state index >= 15 is 0 Å². The maximum atomic E-state index is 5.61. The topological polar surface area (TPSA) is 56.3 Å². The Bertz CT molecular complexity index is 437. The Morgan fingerprint density at radius 2 is 2.20 bits per heavy atom. The second kappa shape index (κ2) is 6.39. The van der Waals surface area contributed by atoms with Crippen LogP contribution in [0.4, 0.5) is 5.82 Å². The molecular weight excluding hydrogens is 254 g/mol. The van der Waals surface area contributed by atoms with E-state index in [0.29, 0.717) is 18.6 Å². The van der Waals surface area contributed by atoms with Gasteiger partial charge in [0, 0.05) is 24.6 Å². The van der Waals surface area contributed by atoms with Gasteiger partial charge in [-0.15, -0.1) is 0 Å². The van der Waals surface area contributed by atoms with Crippen LogP contribution in [0.25, 0.3) is 0 Å². The van der Waals surface area contributed by atoms with Gasteiger partial charge in [-0.3, -0.25) is 0 Å². The minimum absolute atomic E-state index is 0.104. The summed E-state index contributed by atoms with van der Waals surface area (Å²) in [5.41, 5.74) is -0.104. The van der Waals surface area contributed by atoms with Crippen LogP contribution in [0, 0.1) is 0 Å². The molecular formula is C15H25N3O2. The first kappa shape index (κ1) is 15.0. The molecule has 0 radical (unpaired) electrons. The van der Waals surface area contributed by atoms with Gasteiger partial charge in [0.15, 0.2) is 0 Å². The van der Waals surface area contributed by atoms with E-state index in [0.717, 1.165) is 37.6 Å². The Kier molecular flexibility index (Phi) is 4.81. The first-order valence-corrected chi connectivity index (χ1v) is 7.37. The fraction of sp³-hybridized carbons (Fsp3) is 0.733. The van der Waals surface area contributed by atoms with Crippen LogP contribution in [0.2, 0.25) is 0 Å². The largest absolute Gasteiger partial charge is 0.478 e. The lowest BCUT2D eigenvalue weighted by Crippen LogP contribution is -2.21. The number of anilines is 1. The van der Waals surface area contributed by atoms with E-state index in [1.807, 2.05) is 13.0 Å². The van der Waals surface area contributed by atoms with Crippen LogP contribution in [-0.4, -0.2) is 35.8 Å². The van der Waals surface area contributed by atoms with Crippen LogP contribution in [0.1, 0.15) is 46.4 Å². The van der Waals surface area contributed by atoms with E-state index < -0.39 is 0 Å². The summed E-state index contributed by atoms with van der Waals surface area (Å²) < 4.78 is 11.1. The molecule has 1 aromatic rings. The summed E-state index contributed by atoms with van der Waals surface area (Å²) in [7, 11) is 0. The van der Waals surface area contributed by atoms with Gasteiger partial charge >= 0.3 is 0 Å². The third-order valence-electron chi connectivity index (χ3n) is 3.20. The van der Waals surface area contributed by atoms with Crippen molar-refractivity contribution in [2.45, 2.75) is 52.1 Å². The van der Waals surface area contributed by atoms with Crippen molar-refractivity contribution in [1.29, 1.82) is 0 Å². The van der Waals surface area contributed by atoms with Crippen LogP contribution in [0.5, 0.6) is 5.88 Å². The zero-order chi connectivity index (χ0) is 14.6. The van der Waals surface area contributed by atoms with Gasteiger partial charge < -0.3 is 14.8 Å². The second-order valence-electron chi connectivity index (χ2n) is 6.11. The van der Waals surface area contributed by atoms with Crippen molar-refractivity contribution in [3.05, 3.63) is 11.9 Å². The summed E-state index contributed by atoms with van der Waals surface area (Å²) in [6.45, 7) is 10.5. The van der Waals surface area contributed by atoms with Crippen LogP contribution in [0.15, 0.2) is 6.07 Å². The first-order valence-electron chi connectivity index (χ1n) is 7.37. The summed E-state index contributed by atoms with van der Waals surface area (Å²) >= 11 is 0. The molecule has 0 aromatic carbocycles. The fourth-order valence-corrected chi connectivity index (χ4v) is 2.10. The molecule has 0 spiro atoms. The van der Waals surface area contributed by atoms with Gasteiger partial charge in [-0.25, -0.2) is 4.98 Å². The maximum absolute atomic E-state index is 5.61. The number of nitrogens with zero attached hydrogens (tertiary/aromatic N) is 2. The van der Waals surface area contributed by atoms with Gasteiger partial charge in [-0.05, 0) is 19.8 Å². The smallest absolute Gasteiger partial charge is 0.218 e. The van der Waals surface area contributed by atoms with Crippen molar-refractivity contribution >= 4 is 5.82 Å². The third-order valence-corrected chi connectivity index (χ3v) is 3.20. The molecule has 20 heavy (non-hydrogen) atoms. The quantitative estimate of drug-likeness (QED) is 0.898. The van der Waals surface area contributed by atoms with Crippen molar-refractivity contribution in [1.82, 2.24) is 9.97 Å². The lowest BCUT2D eigenvalue weighted by Gasteiger charge is -2.19. The van der Waals surface area contributed by atoms with Crippen molar-refractivity contribution < 1.29 is 9.47 Å². The molecule has 5 nitrogen and oxygen atoms in total. The molecule has 112 valence electrons. The minimum Gasteiger partial charge on any atom is -0.478 e. The maximum Gasteiger partial charge on any atom is 0.218 e. The van der Waals surface area contributed by atoms with Gasteiger partial charge in [0.05, 0.1) is 12.7 Å². The Morgan fingerprint density at radius 3 is 2.80 bits per heavy atom. The minimum atomic E-state index is -0.104. The van der Waals surface area contributed by atoms with E-state index in [-0.39, 0.29) is 5.41 Å².